The number of hydrogen-bond donors (Lipinski definition) is 3. The summed E-state index contributed by atoms with van der Waals surface area (Å²) in [6.45, 7) is 1.47. The molecule has 5 heteroatoms. The van der Waals surface area contributed by atoms with Crippen LogP contribution in [0.4, 0.5) is 10.1 Å². The molecule has 0 fully saturated rings. The van der Waals surface area contributed by atoms with E-state index in [1.165, 1.54) is 6.07 Å². The minimum Gasteiger partial charge on any atom is -0.479 e. The molecule has 0 saturated heterocycles. The van der Waals surface area contributed by atoms with E-state index in [0.717, 1.165) is 0 Å². The third kappa shape index (κ3) is 2.92. The Labute approximate surface area is 86.4 Å². The van der Waals surface area contributed by atoms with Crippen LogP contribution in [0.25, 0.3) is 0 Å². The molecular formula is C10H12FNO3. The van der Waals surface area contributed by atoms with Crippen LogP contribution in [0.3, 0.4) is 0 Å². The van der Waals surface area contributed by atoms with Crippen LogP contribution in [0.1, 0.15) is 5.56 Å². The van der Waals surface area contributed by atoms with Gasteiger partial charge in [0.1, 0.15) is 5.82 Å². The molecule has 0 heterocycles. The van der Waals surface area contributed by atoms with Crippen molar-refractivity contribution in [3.63, 3.8) is 0 Å². The fourth-order valence-electron chi connectivity index (χ4n) is 1.14. The molecule has 4 nitrogen and oxygen atoms in total. The number of benzene rings is 1. The highest BCUT2D eigenvalue weighted by atomic mass is 19.1. The van der Waals surface area contributed by atoms with E-state index < -0.39 is 17.9 Å². The number of aryl methyl sites for hydroxylation is 1. The summed E-state index contributed by atoms with van der Waals surface area (Å²) in [5.41, 5.74) is 0.880. The Morgan fingerprint density at radius 2 is 2.27 bits per heavy atom. The number of anilines is 1. The number of aliphatic hydroxyl groups excluding tert-OH is 1. The summed E-state index contributed by atoms with van der Waals surface area (Å²) in [5, 5.41) is 20.0. The second-order valence-electron chi connectivity index (χ2n) is 3.17. The van der Waals surface area contributed by atoms with Crippen molar-refractivity contribution < 1.29 is 19.4 Å². The van der Waals surface area contributed by atoms with Gasteiger partial charge in [0.25, 0.3) is 0 Å². The van der Waals surface area contributed by atoms with Gasteiger partial charge in [-0.2, -0.15) is 0 Å². The Balaban J connectivity index is 2.69. The van der Waals surface area contributed by atoms with Crippen LogP contribution in [0.5, 0.6) is 0 Å². The first kappa shape index (κ1) is 11.5. The molecule has 0 amide bonds. The average molecular weight is 213 g/mol. The van der Waals surface area contributed by atoms with Crippen molar-refractivity contribution in [3.05, 3.63) is 29.6 Å². The van der Waals surface area contributed by atoms with Gasteiger partial charge in [-0.05, 0) is 18.6 Å². The highest BCUT2D eigenvalue weighted by Crippen LogP contribution is 2.18. The zero-order valence-corrected chi connectivity index (χ0v) is 8.20. The summed E-state index contributed by atoms with van der Waals surface area (Å²) in [6, 6.07) is 4.52. The van der Waals surface area contributed by atoms with Gasteiger partial charge in [0, 0.05) is 0 Å². The zero-order chi connectivity index (χ0) is 11.4. The van der Waals surface area contributed by atoms with E-state index in [-0.39, 0.29) is 12.2 Å². The fraction of sp³-hybridized carbons (Fsp3) is 0.300. The van der Waals surface area contributed by atoms with E-state index >= 15 is 0 Å². The van der Waals surface area contributed by atoms with Gasteiger partial charge < -0.3 is 15.5 Å². The molecule has 82 valence electrons. The second kappa shape index (κ2) is 4.75. The minimum absolute atomic E-state index is 0.220. The van der Waals surface area contributed by atoms with Gasteiger partial charge in [-0.1, -0.05) is 12.1 Å². The summed E-state index contributed by atoms with van der Waals surface area (Å²) in [7, 11) is 0. The van der Waals surface area contributed by atoms with Crippen LogP contribution in [0.2, 0.25) is 0 Å². The maximum atomic E-state index is 13.2. The van der Waals surface area contributed by atoms with Crippen molar-refractivity contribution >= 4 is 11.7 Å². The molecular weight excluding hydrogens is 201 g/mol. The van der Waals surface area contributed by atoms with Crippen LogP contribution in [0.15, 0.2) is 18.2 Å². The number of carbonyl (C=O) groups is 1. The van der Waals surface area contributed by atoms with Gasteiger partial charge in [-0.3, -0.25) is 0 Å². The standard InChI is InChI=1S/C10H12FNO3/c1-6-3-2-4-7(11)9(6)12-5-8(13)10(14)15/h2-4,8,12-13H,5H2,1H3,(H,14,15). The summed E-state index contributed by atoms with van der Waals surface area (Å²) in [6.07, 6.45) is -1.54. The highest BCUT2D eigenvalue weighted by molar-refractivity contribution is 5.72. The maximum Gasteiger partial charge on any atom is 0.334 e. The number of carboxylic acids is 1. The first-order valence-corrected chi connectivity index (χ1v) is 4.42. The topological polar surface area (TPSA) is 69.6 Å². The second-order valence-corrected chi connectivity index (χ2v) is 3.17. The van der Waals surface area contributed by atoms with Gasteiger partial charge in [0.2, 0.25) is 0 Å². The molecule has 0 bridgehead atoms. The van der Waals surface area contributed by atoms with Crippen LogP contribution in [-0.2, 0) is 4.79 Å². The summed E-state index contributed by atoms with van der Waals surface area (Å²) >= 11 is 0. The van der Waals surface area contributed by atoms with E-state index in [9.17, 15) is 9.18 Å². The number of nitrogens with one attached hydrogen (secondary N) is 1. The number of rotatable bonds is 4. The summed E-state index contributed by atoms with van der Waals surface area (Å²) in [4.78, 5) is 10.3. The molecule has 0 aliphatic carbocycles. The van der Waals surface area contributed by atoms with Crippen molar-refractivity contribution in [2.75, 3.05) is 11.9 Å². The van der Waals surface area contributed by atoms with Crippen molar-refractivity contribution in [1.29, 1.82) is 0 Å². The van der Waals surface area contributed by atoms with Crippen molar-refractivity contribution in [3.8, 4) is 0 Å². The molecule has 0 saturated carbocycles. The Morgan fingerprint density at radius 3 is 2.80 bits per heavy atom. The number of halogens is 1. The lowest BCUT2D eigenvalue weighted by Gasteiger charge is -2.11. The average Bonchev–Trinajstić information content (AvgIpc) is 2.16. The number of aliphatic carboxylic acids is 1. The Hall–Kier alpha value is -1.62. The highest BCUT2D eigenvalue weighted by Gasteiger charge is 2.13. The van der Waals surface area contributed by atoms with Gasteiger partial charge >= 0.3 is 5.97 Å². The summed E-state index contributed by atoms with van der Waals surface area (Å²) in [5.74, 6) is -1.80. The third-order valence-electron chi connectivity index (χ3n) is 1.98. The van der Waals surface area contributed by atoms with Crippen LogP contribution in [0, 0.1) is 12.7 Å². The predicted octanol–water partition coefficient (Wildman–Crippen LogP) is 0.992. The molecule has 15 heavy (non-hydrogen) atoms. The zero-order valence-electron chi connectivity index (χ0n) is 8.20. The van der Waals surface area contributed by atoms with Crippen LogP contribution < -0.4 is 5.32 Å². The molecule has 0 aliphatic rings. The summed E-state index contributed by atoms with van der Waals surface area (Å²) < 4.78 is 13.2. The SMILES string of the molecule is Cc1cccc(F)c1NCC(O)C(=O)O. The smallest absolute Gasteiger partial charge is 0.334 e. The molecule has 1 aromatic rings. The molecule has 3 N–H and O–H groups in total. The molecule has 1 atom stereocenters. The molecule has 0 spiro atoms. The third-order valence-corrected chi connectivity index (χ3v) is 1.98. The van der Waals surface area contributed by atoms with Crippen molar-refractivity contribution in [2.45, 2.75) is 13.0 Å². The lowest BCUT2D eigenvalue weighted by Crippen LogP contribution is -2.28. The predicted molar refractivity (Wildman–Crippen MR) is 53.3 cm³/mol. The lowest BCUT2D eigenvalue weighted by molar-refractivity contribution is -0.145. The molecule has 0 aliphatic heterocycles. The van der Waals surface area contributed by atoms with Gasteiger partial charge in [-0.15, -0.1) is 0 Å². The first-order chi connectivity index (χ1) is 7.02. The lowest BCUT2D eigenvalue weighted by atomic mass is 10.2. The van der Waals surface area contributed by atoms with Crippen molar-refractivity contribution in [2.24, 2.45) is 0 Å². The van der Waals surface area contributed by atoms with E-state index in [0.29, 0.717) is 5.56 Å². The minimum atomic E-state index is -1.54. The maximum absolute atomic E-state index is 13.2. The van der Waals surface area contributed by atoms with Gasteiger partial charge in [0.05, 0.1) is 12.2 Å². The van der Waals surface area contributed by atoms with Crippen LogP contribution >= 0.6 is 0 Å². The van der Waals surface area contributed by atoms with E-state index in [1.54, 1.807) is 19.1 Å². The molecule has 0 aromatic heterocycles. The monoisotopic (exact) mass is 213 g/mol. The number of para-hydroxylation sites is 1. The van der Waals surface area contributed by atoms with Gasteiger partial charge in [0.15, 0.2) is 6.10 Å². The van der Waals surface area contributed by atoms with E-state index in [2.05, 4.69) is 5.32 Å². The molecule has 1 aromatic carbocycles. The Bertz CT molecular complexity index is 347. The van der Waals surface area contributed by atoms with Crippen molar-refractivity contribution in [1.82, 2.24) is 0 Å². The molecule has 1 unspecified atom stereocenters. The van der Waals surface area contributed by atoms with Crippen LogP contribution in [-0.4, -0.2) is 28.8 Å². The Morgan fingerprint density at radius 1 is 1.60 bits per heavy atom. The van der Waals surface area contributed by atoms with Gasteiger partial charge in [-0.25, -0.2) is 9.18 Å². The largest absolute Gasteiger partial charge is 0.479 e. The van der Waals surface area contributed by atoms with E-state index in [1.807, 2.05) is 0 Å². The number of hydrogen-bond acceptors (Lipinski definition) is 3. The van der Waals surface area contributed by atoms with E-state index in [4.69, 9.17) is 10.2 Å². The quantitative estimate of drug-likeness (QED) is 0.697. The first-order valence-electron chi connectivity index (χ1n) is 4.42. The molecule has 1 rings (SSSR count). The number of carboxylic acid groups (broad SMARTS) is 1. The normalized spacial score (nSPS) is 12.2. The Kier molecular flexibility index (Phi) is 3.62. The number of aliphatic hydroxyl groups is 1. The fourth-order valence-corrected chi connectivity index (χ4v) is 1.14. The molecule has 0 radical (unpaired) electrons.